The zero-order valence-corrected chi connectivity index (χ0v) is 16.5. The van der Waals surface area contributed by atoms with Gasteiger partial charge in [-0.3, -0.25) is 14.3 Å². The van der Waals surface area contributed by atoms with Gasteiger partial charge < -0.3 is 10.6 Å². The molecule has 0 aromatic carbocycles. The van der Waals surface area contributed by atoms with Gasteiger partial charge in [0.2, 0.25) is 0 Å². The van der Waals surface area contributed by atoms with E-state index in [0.717, 1.165) is 43.4 Å². The van der Waals surface area contributed by atoms with Gasteiger partial charge in [0.1, 0.15) is 10.7 Å². The molecule has 2 aromatic rings. The van der Waals surface area contributed by atoms with Gasteiger partial charge in [-0.05, 0) is 57.6 Å². The predicted octanol–water partition coefficient (Wildman–Crippen LogP) is 3.54. The minimum atomic E-state index is -0.212. The first-order valence-corrected chi connectivity index (χ1v) is 10.1. The van der Waals surface area contributed by atoms with Crippen LogP contribution in [0.5, 0.6) is 0 Å². The maximum absolute atomic E-state index is 12.8. The molecule has 0 aliphatic heterocycles. The molecular weight excluding hydrogens is 348 g/mol. The lowest BCUT2D eigenvalue weighted by atomic mass is 9.95. The molecule has 140 valence electrons. The van der Waals surface area contributed by atoms with Crippen LogP contribution in [0.4, 0.5) is 5.00 Å². The third-order valence-corrected chi connectivity index (χ3v) is 5.80. The van der Waals surface area contributed by atoms with E-state index in [0.29, 0.717) is 29.3 Å². The fourth-order valence-corrected chi connectivity index (χ4v) is 4.64. The molecule has 0 saturated heterocycles. The van der Waals surface area contributed by atoms with Crippen LogP contribution in [0.25, 0.3) is 0 Å². The second-order valence-corrected chi connectivity index (χ2v) is 7.72. The highest BCUT2D eigenvalue weighted by Gasteiger charge is 2.27. The number of nitrogens with zero attached hydrogens (tertiary/aromatic N) is 2. The zero-order valence-electron chi connectivity index (χ0n) is 15.6. The average Bonchev–Trinajstić information content (AvgIpc) is 3.19. The molecule has 0 radical (unpaired) electrons. The fourth-order valence-electron chi connectivity index (χ4n) is 3.36. The van der Waals surface area contributed by atoms with E-state index >= 15 is 0 Å². The molecule has 0 bridgehead atoms. The summed E-state index contributed by atoms with van der Waals surface area (Å²) in [6.45, 7) is 7.12. The Kier molecular flexibility index (Phi) is 5.76. The molecule has 1 aliphatic rings. The van der Waals surface area contributed by atoms with Gasteiger partial charge in [-0.1, -0.05) is 6.92 Å². The van der Waals surface area contributed by atoms with E-state index in [1.54, 1.807) is 22.1 Å². The number of thiophene rings is 1. The smallest absolute Gasteiger partial charge is 0.274 e. The highest BCUT2D eigenvalue weighted by Crippen LogP contribution is 2.38. The monoisotopic (exact) mass is 374 g/mol. The molecule has 26 heavy (non-hydrogen) atoms. The Hall–Kier alpha value is -2.15. The van der Waals surface area contributed by atoms with Crippen molar-refractivity contribution in [3.8, 4) is 0 Å². The first kappa shape index (κ1) is 18.6. The van der Waals surface area contributed by atoms with Crippen LogP contribution in [0.1, 0.15) is 70.1 Å². The number of rotatable bonds is 6. The van der Waals surface area contributed by atoms with Gasteiger partial charge in [-0.25, -0.2) is 0 Å². The van der Waals surface area contributed by atoms with Crippen molar-refractivity contribution in [1.82, 2.24) is 15.1 Å². The molecule has 2 N–H and O–H groups in total. The average molecular weight is 375 g/mol. The molecule has 0 fully saturated rings. The van der Waals surface area contributed by atoms with Gasteiger partial charge in [0.25, 0.3) is 11.8 Å². The van der Waals surface area contributed by atoms with Crippen molar-refractivity contribution in [3.05, 3.63) is 33.5 Å². The number of nitrogens with one attached hydrogen (secondary N) is 2. The van der Waals surface area contributed by atoms with E-state index in [4.69, 9.17) is 0 Å². The van der Waals surface area contributed by atoms with Crippen LogP contribution in [0.2, 0.25) is 0 Å². The zero-order chi connectivity index (χ0) is 18.7. The maximum Gasteiger partial charge on any atom is 0.274 e. The topological polar surface area (TPSA) is 76.0 Å². The standard InChI is InChI=1S/C19H26N4O2S/c1-4-10-20-18(25)16-13-8-6-7-9-15(13)26-19(16)21-17(24)14-11-12(3)22-23(14)5-2/h11H,4-10H2,1-3H3,(H,20,25)(H,21,24). The molecular formula is C19H26N4O2S. The van der Waals surface area contributed by atoms with Crippen molar-refractivity contribution in [2.24, 2.45) is 0 Å². The quantitative estimate of drug-likeness (QED) is 0.812. The van der Waals surface area contributed by atoms with Crippen molar-refractivity contribution in [1.29, 1.82) is 0 Å². The Morgan fingerprint density at radius 1 is 1.23 bits per heavy atom. The van der Waals surface area contributed by atoms with Crippen LogP contribution in [-0.2, 0) is 19.4 Å². The van der Waals surface area contributed by atoms with Crippen molar-refractivity contribution < 1.29 is 9.59 Å². The summed E-state index contributed by atoms with van der Waals surface area (Å²) >= 11 is 1.54. The highest BCUT2D eigenvalue weighted by molar-refractivity contribution is 7.17. The van der Waals surface area contributed by atoms with Gasteiger partial charge in [-0.2, -0.15) is 5.10 Å². The molecule has 2 heterocycles. The van der Waals surface area contributed by atoms with Crippen molar-refractivity contribution in [2.45, 2.75) is 59.4 Å². The number of amides is 2. The molecule has 0 saturated carbocycles. The number of carbonyl (C=O) groups excluding carboxylic acids is 2. The lowest BCUT2D eigenvalue weighted by Crippen LogP contribution is -2.26. The molecule has 0 spiro atoms. The Labute approximate surface area is 158 Å². The normalized spacial score (nSPS) is 13.3. The SMILES string of the molecule is CCCNC(=O)c1c(NC(=O)c2cc(C)nn2CC)sc2c1CCCC2. The third-order valence-electron chi connectivity index (χ3n) is 4.60. The first-order valence-electron chi connectivity index (χ1n) is 9.33. The summed E-state index contributed by atoms with van der Waals surface area (Å²) in [6, 6.07) is 1.78. The summed E-state index contributed by atoms with van der Waals surface area (Å²) in [7, 11) is 0. The van der Waals surface area contributed by atoms with Crippen LogP contribution in [0.3, 0.4) is 0 Å². The molecule has 0 atom stereocenters. The van der Waals surface area contributed by atoms with E-state index in [-0.39, 0.29) is 11.8 Å². The van der Waals surface area contributed by atoms with Gasteiger partial charge >= 0.3 is 0 Å². The lowest BCUT2D eigenvalue weighted by molar-refractivity contribution is 0.0954. The number of fused-ring (bicyclic) bond motifs is 1. The second-order valence-electron chi connectivity index (χ2n) is 6.61. The number of carbonyl (C=O) groups is 2. The minimum Gasteiger partial charge on any atom is -0.352 e. The first-order chi connectivity index (χ1) is 12.5. The Balaban J connectivity index is 1.92. The summed E-state index contributed by atoms with van der Waals surface area (Å²) < 4.78 is 1.69. The molecule has 2 aromatic heterocycles. The predicted molar refractivity (Wildman–Crippen MR) is 104 cm³/mol. The van der Waals surface area contributed by atoms with E-state index in [2.05, 4.69) is 15.7 Å². The van der Waals surface area contributed by atoms with Crippen molar-refractivity contribution in [3.63, 3.8) is 0 Å². The fraction of sp³-hybridized carbons (Fsp3) is 0.526. The van der Waals surface area contributed by atoms with Crippen LogP contribution in [-0.4, -0.2) is 28.1 Å². The summed E-state index contributed by atoms with van der Waals surface area (Å²) in [4.78, 5) is 26.8. The summed E-state index contributed by atoms with van der Waals surface area (Å²) in [6.07, 6.45) is 5.00. The maximum atomic E-state index is 12.8. The number of hydrogen-bond donors (Lipinski definition) is 2. The van der Waals surface area contributed by atoms with E-state index in [1.165, 1.54) is 4.88 Å². The van der Waals surface area contributed by atoms with Crippen LogP contribution >= 0.6 is 11.3 Å². The lowest BCUT2D eigenvalue weighted by Gasteiger charge is -2.13. The third kappa shape index (κ3) is 3.67. The van der Waals surface area contributed by atoms with Gasteiger partial charge in [0.05, 0.1) is 11.3 Å². The second kappa shape index (κ2) is 8.03. The number of hydrogen-bond acceptors (Lipinski definition) is 4. The minimum absolute atomic E-state index is 0.0817. The highest BCUT2D eigenvalue weighted by atomic mass is 32.1. The van der Waals surface area contributed by atoms with E-state index in [9.17, 15) is 9.59 Å². The summed E-state index contributed by atoms with van der Waals surface area (Å²) in [5, 5.41) is 10.9. The van der Waals surface area contributed by atoms with Crippen LogP contribution in [0.15, 0.2) is 6.07 Å². The Bertz CT molecular complexity index is 822. The van der Waals surface area contributed by atoms with Crippen molar-refractivity contribution in [2.75, 3.05) is 11.9 Å². The number of aromatic nitrogens is 2. The molecule has 0 unspecified atom stereocenters. The molecule has 3 rings (SSSR count). The van der Waals surface area contributed by atoms with E-state index in [1.807, 2.05) is 20.8 Å². The molecule has 7 heteroatoms. The van der Waals surface area contributed by atoms with E-state index < -0.39 is 0 Å². The van der Waals surface area contributed by atoms with Gasteiger partial charge in [0, 0.05) is 18.0 Å². The van der Waals surface area contributed by atoms with Crippen LogP contribution in [0, 0.1) is 6.92 Å². The number of anilines is 1. The molecule has 1 aliphatic carbocycles. The van der Waals surface area contributed by atoms with Crippen LogP contribution < -0.4 is 10.6 Å². The summed E-state index contributed by atoms with van der Waals surface area (Å²) in [5.41, 5.74) is 3.11. The number of aryl methyl sites for hydroxylation is 3. The molecule has 6 nitrogen and oxygen atoms in total. The van der Waals surface area contributed by atoms with Gasteiger partial charge in [-0.15, -0.1) is 11.3 Å². The molecule has 2 amide bonds. The Morgan fingerprint density at radius 2 is 2.00 bits per heavy atom. The summed E-state index contributed by atoms with van der Waals surface area (Å²) in [5.74, 6) is -0.294. The van der Waals surface area contributed by atoms with Crippen molar-refractivity contribution >= 4 is 28.2 Å². The van der Waals surface area contributed by atoms with Gasteiger partial charge in [0.15, 0.2) is 0 Å². The Morgan fingerprint density at radius 3 is 2.73 bits per heavy atom. The largest absolute Gasteiger partial charge is 0.352 e.